The first-order valence-corrected chi connectivity index (χ1v) is 11.1. The number of methoxy groups -OCH3 is 1. The molecule has 0 bridgehead atoms. The molecule has 2 aromatic rings. The van der Waals surface area contributed by atoms with Crippen molar-refractivity contribution in [3.8, 4) is 23.3 Å². The first kappa shape index (κ1) is 21.2. The van der Waals surface area contributed by atoms with Gasteiger partial charge >= 0.3 is 5.97 Å². The molecule has 2 aliphatic carbocycles. The third-order valence-corrected chi connectivity index (χ3v) is 6.54. The normalized spacial score (nSPS) is 23.6. The quantitative estimate of drug-likeness (QED) is 0.693. The highest BCUT2D eigenvalue weighted by Gasteiger charge is 2.40. The highest BCUT2D eigenvalue weighted by atomic mass is 16.5. The number of ether oxygens (including phenoxy) is 2. The summed E-state index contributed by atoms with van der Waals surface area (Å²) in [5.74, 6) is 7.04. The molecular weight excluding hydrogens is 390 g/mol. The predicted octanol–water partition coefficient (Wildman–Crippen LogP) is 4.98. The van der Waals surface area contributed by atoms with Crippen molar-refractivity contribution in [1.29, 1.82) is 0 Å². The highest BCUT2D eigenvalue weighted by Crippen LogP contribution is 2.44. The molecule has 2 fully saturated rings. The Labute approximate surface area is 183 Å². The van der Waals surface area contributed by atoms with Crippen molar-refractivity contribution in [2.45, 2.75) is 62.9 Å². The Morgan fingerprint density at radius 1 is 1.10 bits per heavy atom. The molecule has 1 N–H and O–H groups in total. The van der Waals surface area contributed by atoms with Crippen LogP contribution < -0.4 is 9.47 Å². The molecular formula is C26H29NO4. The fraction of sp³-hybridized carbons (Fsp3) is 0.462. The monoisotopic (exact) mass is 419 g/mol. The first-order valence-electron chi connectivity index (χ1n) is 11.1. The Hall–Kier alpha value is -3.00. The summed E-state index contributed by atoms with van der Waals surface area (Å²) in [7, 11) is 1.65. The maximum atomic E-state index is 11.8. The molecule has 1 aromatic heterocycles. The number of carbonyl (C=O) groups is 1. The fourth-order valence-corrected chi connectivity index (χ4v) is 4.81. The maximum Gasteiger partial charge on any atom is 0.306 e. The smallest absolute Gasteiger partial charge is 0.306 e. The Morgan fingerprint density at radius 2 is 1.87 bits per heavy atom. The van der Waals surface area contributed by atoms with E-state index >= 15 is 0 Å². The zero-order valence-electron chi connectivity index (χ0n) is 18.0. The van der Waals surface area contributed by atoms with Gasteiger partial charge in [0.05, 0.1) is 24.5 Å². The van der Waals surface area contributed by atoms with Gasteiger partial charge in [0, 0.05) is 18.0 Å². The van der Waals surface area contributed by atoms with E-state index in [2.05, 4.69) is 16.8 Å². The van der Waals surface area contributed by atoms with Crippen molar-refractivity contribution in [2.24, 2.45) is 5.92 Å². The van der Waals surface area contributed by atoms with Crippen molar-refractivity contribution < 1.29 is 19.4 Å². The lowest BCUT2D eigenvalue weighted by molar-refractivity contribution is -0.143. The highest BCUT2D eigenvalue weighted by molar-refractivity contribution is 5.70. The summed E-state index contributed by atoms with van der Waals surface area (Å²) in [6, 6.07) is 9.73. The maximum absolute atomic E-state index is 11.8. The fourth-order valence-electron chi connectivity index (χ4n) is 4.81. The van der Waals surface area contributed by atoms with Gasteiger partial charge in [0.25, 0.3) is 0 Å². The first-order chi connectivity index (χ1) is 15.1. The molecule has 1 heterocycles. The van der Waals surface area contributed by atoms with E-state index in [-0.39, 0.29) is 6.10 Å². The minimum Gasteiger partial charge on any atom is -0.493 e. The van der Waals surface area contributed by atoms with Crippen LogP contribution in [-0.2, 0) is 10.2 Å². The number of hydrogen-bond donors (Lipinski definition) is 1. The number of pyridine rings is 1. The number of aromatic nitrogens is 1. The van der Waals surface area contributed by atoms with Gasteiger partial charge in [-0.2, -0.15) is 0 Å². The van der Waals surface area contributed by atoms with Gasteiger partial charge in [0.2, 0.25) is 0 Å². The predicted molar refractivity (Wildman–Crippen MR) is 118 cm³/mol. The van der Waals surface area contributed by atoms with Crippen molar-refractivity contribution in [3.05, 3.63) is 53.9 Å². The van der Waals surface area contributed by atoms with Crippen molar-refractivity contribution >= 4 is 5.97 Å². The van der Waals surface area contributed by atoms with Crippen LogP contribution in [0.2, 0.25) is 0 Å². The topological polar surface area (TPSA) is 68.7 Å². The van der Waals surface area contributed by atoms with Crippen LogP contribution in [0.25, 0.3) is 0 Å². The van der Waals surface area contributed by atoms with Gasteiger partial charge in [-0.05, 0) is 74.8 Å². The van der Waals surface area contributed by atoms with E-state index in [1.165, 1.54) is 12.8 Å². The van der Waals surface area contributed by atoms with Crippen LogP contribution in [0.4, 0.5) is 0 Å². The molecule has 0 unspecified atom stereocenters. The molecule has 0 radical (unpaired) electrons. The van der Waals surface area contributed by atoms with Crippen molar-refractivity contribution in [3.63, 3.8) is 0 Å². The summed E-state index contributed by atoms with van der Waals surface area (Å²) in [5.41, 5.74) is 1.35. The van der Waals surface area contributed by atoms with Gasteiger partial charge in [-0.15, -0.1) is 0 Å². The lowest BCUT2D eigenvalue weighted by atomic mass is 9.66. The summed E-state index contributed by atoms with van der Waals surface area (Å²) in [4.78, 5) is 15.9. The average molecular weight is 420 g/mol. The Balaban J connectivity index is 1.74. The van der Waals surface area contributed by atoms with E-state index in [1.807, 2.05) is 30.3 Å². The van der Waals surface area contributed by atoms with E-state index in [4.69, 9.17) is 9.47 Å². The number of hydrogen-bond acceptors (Lipinski definition) is 4. The Morgan fingerprint density at radius 3 is 2.58 bits per heavy atom. The number of carboxylic acids is 1. The van der Waals surface area contributed by atoms with Crippen LogP contribution in [0.1, 0.15) is 62.5 Å². The molecule has 0 saturated heterocycles. The van der Waals surface area contributed by atoms with Crippen molar-refractivity contribution in [1.82, 2.24) is 4.98 Å². The number of nitrogens with zero attached hydrogens (tertiary/aromatic N) is 1. The van der Waals surface area contributed by atoms with Gasteiger partial charge in [0.1, 0.15) is 0 Å². The van der Waals surface area contributed by atoms with E-state index in [9.17, 15) is 9.90 Å². The summed E-state index contributed by atoms with van der Waals surface area (Å²) >= 11 is 0. The molecule has 2 aliphatic rings. The third kappa shape index (κ3) is 4.85. The minimum atomic E-state index is -0.745. The average Bonchev–Trinajstić information content (AvgIpc) is 3.31. The van der Waals surface area contributed by atoms with Gasteiger partial charge in [-0.25, -0.2) is 0 Å². The number of aliphatic carboxylic acids is 1. The summed E-state index contributed by atoms with van der Waals surface area (Å²) in [6.07, 6.45) is 11.0. The van der Waals surface area contributed by atoms with E-state index < -0.39 is 17.3 Å². The molecule has 5 nitrogen and oxygen atoms in total. The number of rotatable bonds is 5. The SMILES string of the molecule is COc1ccc([C@]2(C#Cc3ccncc3)CCC[C@H](C(=O)O)C2)cc1OC1CCCC1. The molecule has 31 heavy (non-hydrogen) atoms. The summed E-state index contributed by atoms with van der Waals surface area (Å²) < 4.78 is 11.9. The van der Waals surface area contributed by atoms with Crippen molar-refractivity contribution in [2.75, 3.05) is 7.11 Å². The Bertz CT molecular complexity index is 972. The van der Waals surface area contributed by atoms with Crippen LogP contribution in [0.15, 0.2) is 42.7 Å². The van der Waals surface area contributed by atoms with Crippen LogP contribution >= 0.6 is 0 Å². The second-order valence-electron chi connectivity index (χ2n) is 8.59. The molecule has 2 atom stereocenters. The van der Waals surface area contributed by atoms with Crippen LogP contribution in [-0.4, -0.2) is 29.3 Å². The van der Waals surface area contributed by atoms with Gasteiger partial charge < -0.3 is 14.6 Å². The van der Waals surface area contributed by atoms with E-state index in [1.54, 1.807) is 19.5 Å². The van der Waals surface area contributed by atoms with Crippen LogP contribution in [0.5, 0.6) is 11.5 Å². The van der Waals surface area contributed by atoms with Crippen LogP contribution in [0, 0.1) is 17.8 Å². The number of benzene rings is 1. The standard InChI is InChI=1S/C26H29NO4/c1-30-23-9-8-21(17-24(23)31-22-6-2-3-7-22)26(13-4-5-20(18-26)25(28)29)14-10-19-11-15-27-16-12-19/h8-9,11-12,15-17,20,22H,2-7,13,18H2,1H3,(H,28,29)/t20-,26-/m0/s1. The van der Waals surface area contributed by atoms with Gasteiger partial charge in [-0.3, -0.25) is 9.78 Å². The molecule has 4 rings (SSSR count). The molecule has 0 spiro atoms. The van der Waals surface area contributed by atoms with Crippen LogP contribution in [0.3, 0.4) is 0 Å². The summed E-state index contributed by atoms with van der Waals surface area (Å²) in [6.45, 7) is 0. The Kier molecular flexibility index (Phi) is 6.46. The van der Waals surface area contributed by atoms with E-state index in [0.29, 0.717) is 18.6 Å². The molecule has 5 heteroatoms. The second-order valence-corrected chi connectivity index (χ2v) is 8.59. The zero-order valence-corrected chi connectivity index (χ0v) is 18.0. The lowest BCUT2D eigenvalue weighted by Gasteiger charge is -2.36. The molecule has 2 saturated carbocycles. The van der Waals surface area contributed by atoms with Gasteiger partial charge in [0.15, 0.2) is 11.5 Å². The zero-order chi connectivity index (χ0) is 21.7. The lowest BCUT2D eigenvalue weighted by Crippen LogP contribution is -2.35. The third-order valence-electron chi connectivity index (χ3n) is 6.54. The molecule has 1 aromatic carbocycles. The molecule has 0 amide bonds. The summed E-state index contributed by atoms with van der Waals surface area (Å²) in [5, 5.41) is 9.73. The number of carboxylic acid groups (broad SMARTS) is 1. The molecule has 162 valence electrons. The second kappa shape index (κ2) is 9.43. The largest absolute Gasteiger partial charge is 0.493 e. The minimum absolute atomic E-state index is 0.209. The van der Waals surface area contributed by atoms with E-state index in [0.717, 1.165) is 42.6 Å². The van der Waals surface area contributed by atoms with Gasteiger partial charge in [-0.1, -0.05) is 24.3 Å². The molecule has 0 aliphatic heterocycles.